The van der Waals surface area contributed by atoms with Gasteiger partial charge in [0.25, 0.3) is 5.91 Å². The molecule has 2 amide bonds. The first-order chi connectivity index (χ1) is 10.0. The minimum atomic E-state index is -0.630. The van der Waals surface area contributed by atoms with Crippen LogP contribution in [0, 0.1) is 5.82 Å². The van der Waals surface area contributed by atoms with Gasteiger partial charge in [-0.1, -0.05) is 17.7 Å². The van der Waals surface area contributed by atoms with Crippen molar-refractivity contribution in [3.8, 4) is 0 Å². The summed E-state index contributed by atoms with van der Waals surface area (Å²) in [6.45, 7) is 1.88. The molecule has 2 N–H and O–H groups in total. The van der Waals surface area contributed by atoms with Crippen molar-refractivity contribution < 1.29 is 14.0 Å². The number of amides is 2. The average Bonchev–Trinajstić information content (AvgIpc) is 2.47. The van der Waals surface area contributed by atoms with Crippen molar-refractivity contribution in [2.75, 3.05) is 32.7 Å². The molecule has 0 radical (unpaired) electrons. The van der Waals surface area contributed by atoms with Crippen LogP contribution in [0.2, 0.25) is 5.02 Å². The van der Waals surface area contributed by atoms with Crippen molar-refractivity contribution >= 4 is 23.4 Å². The molecule has 2 rings (SSSR count). The maximum absolute atomic E-state index is 13.8. The Hall–Kier alpha value is -1.66. The predicted octanol–water partition coefficient (Wildman–Crippen LogP) is 1.11. The molecule has 1 fully saturated rings. The van der Waals surface area contributed by atoms with Crippen LogP contribution in [0.1, 0.15) is 16.8 Å². The van der Waals surface area contributed by atoms with Gasteiger partial charge in [-0.3, -0.25) is 9.59 Å². The fourth-order valence-electron chi connectivity index (χ4n) is 2.30. The normalized spacial score (nSPS) is 15.2. The number of nitrogens with zero attached hydrogens (tertiary/aromatic N) is 2. The Balaban J connectivity index is 2.02. The quantitative estimate of drug-likeness (QED) is 0.909. The topological polar surface area (TPSA) is 66.6 Å². The summed E-state index contributed by atoms with van der Waals surface area (Å²) in [4.78, 5) is 27.2. The molecule has 5 nitrogen and oxygen atoms in total. The number of nitrogens with two attached hydrogens (primary N) is 1. The Labute approximate surface area is 127 Å². The highest BCUT2D eigenvalue weighted by Gasteiger charge is 2.27. The fraction of sp³-hybridized carbons (Fsp3) is 0.429. The molecule has 21 heavy (non-hydrogen) atoms. The second-order valence-electron chi connectivity index (χ2n) is 4.81. The third-order valence-corrected chi connectivity index (χ3v) is 3.77. The summed E-state index contributed by atoms with van der Waals surface area (Å²) in [5, 5.41) is 0.0987. The SMILES string of the molecule is NCCC(=O)N1CCN(C(=O)c2c(F)cccc2Cl)CC1. The van der Waals surface area contributed by atoms with Gasteiger partial charge < -0.3 is 15.5 Å². The first kappa shape index (κ1) is 15.7. The van der Waals surface area contributed by atoms with Gasteiger partial charge in [0.1, 0.15) is 5.82 Å². The van der Waals surface area contributed by atoms with Gasteiger partial charge in [-0.25, -0.2) is 4.39 Å². The Bertz CT molecular complexity index is 525. The van der Waals surface area contributed by atoms with E-state index in [1.807, 2.05) is 0 Å². The van der Waals surface area contributed by atoms with Crippen LogP contribution in [-0.2, 0) is 4.79 Å². The van der Waals surface area contributed by atoms with Crippen LogP contribution in [0.15, 0.2) is 18.2 Å². The molecule has 1 aliphatic heterocycles. The van der Waals surface area contributed by atoms with Gasteiger partial charge in [-0.05, 0) is 12.1 Å². The number of benzene rings is 1. The Kier molecular flexibility index (Phi) is 5.14. The molecule has 0 bridgehead atoms. The van der Waals surface area contributed by atoms with Crippen LogP contribution in [0.4, 0.5) is 4.39 Å². The summed E-state index contributed by atoms with van der Waals surface area (Å²) in [5.74, 6) is -1.09. The third kappa shape index (κ3) is 3.51. The average molecular weight is 314 g/mol. The van der Waals surface area contributed by atoms with E-state index in [9.17, 15) is 14.0 Å². The molecule has 7 heteroatoms. The van der Waals surface area contributed by atoms with Gasteiger partial charge in [-0.2, -0.15) is 0 Å². The van der Waals surface area contributed by atoms with E-state index in [1.165, 1.54) is 23.1 Å². The largest absolute Gasteiger partial charge is 0.339 e. The third-order valence-electron chi connectivity index (χ3n) is 3.45. The monoisotopic (exact) mass is 313 g/mol. The lowest BCUT2D eigenvalue weighted by Gasteiger charge is -2.35. The molecule has 0 aromatic heterocycles. The van der Waals surface area contributed by atoms with Crippen molar-refractivity contribution in [3.05, 3.63) is 34.6 Å². The van der Waals surface area contributed by atoms with E-state index in [1.54, 1.807) is 4.90 Å². The van der Waals surface area contributed by atoms with Crippen LogP contribution in [0.5, 0.6) is 0 Å². The molecule has 0 spiro atoms. The second kappa shape index (κ2) is 6.87. The summed E-state index contributed by atoms with van der Waals surface area (Å²) in [6, 6.07) is 4.15. The fourth-order valence-corrected chi connectivity index (χ4v) is 2.54. The number of hydrogen-bond donors (Lipinski definition) is 1. The Morgan fingerprint density at radius 1 is 1.19 bits per heavy atom. The molecule has 0 unspecified atom stereocenters. The van der Waals surface area contributed by atoms with Crippen LogP contribution in [0.25, 0.3) is 0 Å². The molecule has 1 aromatic rings. The van der Waals surface area contributed by atoms with E-state index in [0.29, 0.717) is 39.1 Å². The summed E-state index contributed by atoms with van der Waals surface area (Å²) in [6.07, 6.45) is 0.299. The van der Waals surface area contributed by atoms with Crippen molar-refractivity contribution in [3.63, 3.8) is 0 Å². The van der Waals surface area contributed by atoms with E-state index in [2.05, 4.69) is 0 Å². The lowest BCUT2D eigenvalue weighted by atomic mass is 10.1. The van der Waals surface area contributed by atoms with Gasteiger partial charge in [0.2, 0.25) is 5.91 Å². The minimum Gasteiger partial charge on any atom is -0.339 e. The number of piperazine rings is 1. The number of halogens is 2. The zero-order valence-corrected chi connectivity index (χ0v) is 12.3. The minimum absolute atomic E-state index is 0.0199. The molecular weight excluding hydrogens is 297 g/mol. The van der Waals surface area contributed by atoms with Gasteiger partial charge in [0.05, 0.1) is 10.6 Å². The molecule has 1 aliphatic rings. The van der Waals surface area contributed by atoms with Crippen molar-refractivity contribution in [2.45, 2.75) is 6.42 Å². The van der Waals surface area contributed by atoms with Gasteiger partial charge >= 0.3 is 0 Å². The number of hydrogen-bond acceptors (Lipinski definition) is 3. The smallest absolute Gasteiger partial charge is 0.258 e. The molecule has 0 saturated carbocycles. The Morgan fingerprint density at radius 2 is 1.81 bits per heavy atom. The van der Waals surface area contributed by atoms with Crippen molar-refractivity contribution in [2.24, 2.45) is 5.73 Å². The summed E-state index contributed by atoms with van der Waals surface area (Å²) >= 11 is 5.90. The summed E-state index contributed by atoms with van der Waals surface area (Å²) < 4.78 is 13.8. The molecule has 114 valence electrons. The molecule has 1 saturated heterocycles. The van der Waals surface area contributed by atoms with Crippen LogP contribution in [0.3, 0.4) is 0 Å². The van der Waals surface area contributed by atoms with E-state index >= 15 is 0 Å². The highest BCUT2D eigenvalue weighted by Crippen LogP contribution is 2.21. The zero-order chi connectivity index (χ0) is 15.4. The number of rotatable bonds is 3. The maximum atomic E-state index is 13.8. The van der Waals surface area contributed by atoms with Gasteiger partial charge in [0.15, 0.2) is 0 Å². The molecule has 0 aliphatic carbocycles. The first-order valence-electron chi connectivity index (χ1n) is 6.75. The number of carbonyl (C=O) groups excluding carboxylic acids is 2. The van der Waals surface area contributed by atoms with E-state index < -0.39 is 11.7 Å². The first-order valence-corrected chi connectivity index (χ1v) is 7.13. The summed E-state index contributed by atoms with van der Waals surface area (Å²) in [5.41, 5.74) is 5.24. The Morgan fingerprint density at radius 3 is 2.38 bits per heavy atom. The van der Waals surface area contributed by atoms with E-state index in [4.69, 9.17) is 17.3 Å². The zero-order valence-electron chi connectivity index (χ0n) is 11.5. The predicted molar refractivity (Wildman–Crippen MR) is 77.6 cm³/mol. The van der Waals surface area contributed by atoms with Gasteiger partial charge in [0, 0.05) is 39.1 Å². The lowest BCUT2D eigenvalue weighted by molar-refractivity contribution is -0.132. The van der Waals surface area contributed by atoms with Crippen molar-refractivity contribution in [1.82, 2.24) is 9.80 Å². The molecule has 1 heterocycles. The highest BCUT2D eigenvalue weighted by molar-refractivity contribution is 6.33. The maximum Gasteiger partial charge on any atom is 0.258 e. The van der Waals surface area contributed by atoms with Crippen LogP contribution in [-0.4, -0.2) is 54.3 Å². The highest BCUT2D eigenvalue weighted by atomic mass is 35.5. The van der Waals surface area contributed by atoms with Crippen LogP contribution >= 0.6 is 11.6 Å². The summed E-state index contributed by atoms with van der Waals surface area (Å²) in [7, 11) is 0. The standard InChI is InChI=1S/C14H17ClFN3O2/c15-10-2-1-3-11(16)13(10)14(21)19-8-6-18(7-9-19)12(20)4-5-17/h1-3H,4-9,17H2. The van der Waals surface area contributed by atoms with Crippen molar-refractivity contribution in [1.29, 1.82) is 0 Å². The molecule has 1 aromatic carbocycles. The second-order valence-corrected chi connectivity index (χ2v) is 5.22. The molecular formula is C14H17ClFN3O2. The van der Waals surface area contributed by atoms with Gasteiger partial charge in [-0.15, -0.1) is 0 Å². The van der Waals surface area contributed by atoms with Crippen LogP contribution < -0.4 is 5.73 Å². The van der Waals surface area contributed by atoms with E-state index in [-0.39, 0.29) is 16.5 Å². The lowest BCUT2D eigenvalue weighted by Crippen LogP contribution is -2.51. The van der Waals surface area contributed by atoms with E-state index in [0.717, 1.165) is 0 Å². The number of carbonyl (C=O) groups is 2. The molecule has 0 atom stereocenters.